The van der Waals surface area contributed by atoms with Gasteiger partial charge in [-0.3, -0.25) is 38.5 Å². The van der Waals surface area contributed by atoms with Gasteiger partial charge >= 0.3 is 5.97 Å². The van der Waals surface area contributed by atoms with E-state index in [-0.39, 0.29) is 111 Å². The van der Waals surface area contributed by atoms with Gasteiger partial charge in [-0.15, -0.1) is 0 Å². The lowest BCUT2D eigenvalue weighted by atomic mass is 9.81. The minimum absolute atomic E-state index is 0.0230. The van der Waals surface area contributed by atoms with Crippen molar-refractivity contribution in [3.05, 3.63) is 73.8 Å². The van der Waals surface area contributed by atoms with Gasteiger partial charge < -0.3 is 36.1 Å². The average Bonchev–Trinajstić information content (AvgIpc) is 3.84. The predicted molar refractivity (Wildman–Crippen MR) is 248 cm³/mol. The lowest BCUT2D eigenvalue weighted by molar-refractivity contribution is -0.172. The second-order valence-corrected chi connectivity index (χ2v) is 18.8. The summed E-state index contributed by atoms with van der Waals surface area (Å²) in [5, 5.41) is 21.0. The molecule has 2 aromatic heterocycles. The number of ether oxygens (including phenoxy) is 1. The zero-order valence-corrected chi connectivity index (χ0v) is 39.3. The summed E-state index contributed by atoms with van der Waals surface area (Å²) in [5.74, 6) is -4.05. The van der Waals surface area contributed by atoms with Crippen molar-refractivity contribution >= 4 is 52.2 Å². The molecule has 3 aliphatic heterocycles. The van der Waals surface area contributed by atoms with E-state index in [9.17, 15) is 43.5 Å². The van der Waals surface area contributed by atoms with E-state index in [0.717, 1.165) is 21.4 Å². The molecule has 0 unspecified atom stereocenters. The molecule has 1 aromatic carbocycles. The van der Waals surface area contributed by atoms with Crippen LogP contribution in [0.4, 0.5) is 4.39 Å². The number of pyridine rings is 2. The number of cyclic esters (lactones) is 1. The average molecular weight is 940 g/mol. The Balaban J connectivity index is 0.974. The number of Topliss-reactive ketones (excluding diaryl/α,β-unsaturated/α-hetero) is 1. The van der Waals surface area contributed by atoms with Crippen LogP contribution in [-0.4, -0.2) is 86.5 Å². The Bertz CT molecular complexity index is 2620. The van der Waals surface area contributed by atoms with Crippen LogP contribution in [0, 0.1) is 24.6 Å². The van der Waals surface area contributed by atoms with E-state index >= 15 is 4.39 Å². The number of carbonyl (C=O) groups excluding carboxylic acids is 7. The van der Waals surface area contributed by atoms with Gasteiger partial charge in [0, 0.05) is 73.0 Å². The van der Waals surface area contributed by atoms with Crippen LogP contribution in [0.1, 0.15) is 137 Å². The van der Waals surface area contributed by atoms with Gasteiger partial charge in [-0.05, 0) is 93.5 Å². The highest BCUT2D eigenvalue weighted by Gasteiger charge is 2.46. The molecule has 0 saturated heterocycles. The van der Waals surface area contributed by atoms with Crippen molar-refractivity contribution in [3.8, 4) is 11.4 Å². The van der Waals surface area contributed by atoms with Crippen molar-refractivity contribution in [3.63, 3.8) is 0 Å². The minimum Gasteiger partial charge on any atom is -0.458 e. The van der Waals surface area contributed by atoms with E-state index in [4.69, 9.17) is 15.5 Å². The van der Waals surface area contributed by atoms with Crippen molar-refractivity contribution in [1.82, 2.24) is 30.4 Å². The van der Waals surface area contributed by atoms with Crippen molar-refractivity contribution < 1.29 is 47.8 Å². The summed E-state index contributed by atoms with van der Waals surface area (Å²) in [6, 6.07) is 1.64. The minimum atomic E-state index is -2.02. The first-order valence-electron chi connectivity index (χ1n) is 23.9. The molecule has 18 heteroatoms. The Morgan fingerprint density at radius 1 is 0.971 bits per heavy atom. The number of benzene rings is 1. The Kier molecular flexibility index (Phi) is 15.4. The van der Waals surface area contributed by atoms with Crippen LogP contribution in [0.2, 0.25) is 0 Å². The summed E-state index contributed by atoms with van der Waals surface area (Å²) in [6.45, 7) is 7.66. The van der Waals surface area contributed by atoms with E-state index in [0.29, 0.717) is 85.9 Å². The van der Waals surface area contributed by atoms with E-state index in [2.05, 4.69) is 16.0 Å². The van der Waals surface area contributed by atoms with Crippen LogP contribution in [0.5, 0.6) is 0 Å². The Morgan fingerprint density at radius 3 is 2.41 bits per heavy atom. The molecule has 364 valence electrons. The molecule has 5 heterocycles. The predicted octanol–water partition coefficient (Wildman–Crippen LogP) is 3.86. The second-order valence-electron chi connectivity index (χ2n) is 18.8. The number of ketones is 1. The third-order valence-corrected chi connectivity index (χ3v) is 13.9. The number of imide groups is 1. The van der Waals surface area contributed by atoms with Crippen molar-refractivity contribution in [1.29, 1.82) is 0 Å². The number of unbranched alkanes of at least 4 members (excludes halogenated alkanes) is 3. The lowest BCUT2D eigenvalue weighted by Crippen LogP contribution is -2.46. The topological polar surface area (TPSA) is 249 Å². The first-order chi connectivity index (χ1) is 32.5. The van der Waals surface area contributed by atoms with Gasteiger partial charge in [0.1, 0.15) is 12.4 Å². The highest BCUT2D eigenvalue weighted by molar-refractivity contribution is 6.12. The molecular formula is C50H62FN7O10. The number of carbonyl (C=O) groups is 7. The maximum atomic E-state index is 15.4. The largest absolute Gasteiger partial charge is 0.458 e. The summed E-state index contributed by atoms with van der Waals surface area (Å²) in [4.78, 5) is 110. The van der Waals surface area contributed by atoms with E-state index in [1.54, 1.807) is 19.9 Å². The number of fused-ring (bicyclic) bond motifs is 5. The van der Waals surface area contributed by atoms with Gasteiger partial charge in [0.25, 0.3) is 17.4 Å². The smallest absolute Gasteiger partial charge is 0.343 e. The number of hydrogen-bond donors (Lipinski definition) is 5. The number of nitrogens with zero attached hydrogens (tertiary/aromatic N) is 3. The number of nitrogens with two attached hydrogens (primary N) is 1. The standard InChI is InChI=1S/C50H62FN7O10/c1-5-50(67)33-23-37-46-31(25-58(37)48(65)32(33)26-68-49(50)66)44-35(16-15-30-28(4)34(51)24-36(55-46)43(30)44)54-39(60)14-11-20-53-47(64)29(12-8-9-19-52)22-38(59)45(27(2)3)56-40(61)13-7-6-10-21-57-41(62)17-18-42(57)63/h17-18,23-24,27,29,35,45,67H,5-16,19-22,25-26,52H2,1-4H3,(H,53,64)(H,54,60)(H,56,61)/t29-,35+,45+,50+/m1/s1. The zero-order valence-electron chi connectivity index (χ0n) is 39.3. The van der Waals surface area contributed by atoms with Crippen LogP contribution < -0.4 is 27.2 Å². The van der Waals surface area contributed by atoms with Crippen LogP contribution >= 0.6 is 0 Å². The van der Waals surface area contributed by atoms with Crippen molar-refractivity contribution in [2.24, 2.45) is 17.6 Å². The third-order valence-electron chi connectivity index (χ3n) is 13.9. The molecule has 0 saturated carbocycles. The summed E-state index contributed by atoms with van der Waals surface area (Å²) >= 11 is 0. The highest BCUT2D eigenvalue weighted by Crippen LogP contribution is 2.46. The van der Waals surface area contributed by atoms with Gasteiger partial charge in [-0.2, -0.15) is 0 Å². The molecule has 5 amide bonds. The first-order valence-corrected chi connectivity index (χ1v) is 23.9. The van der Waals surface area contributed by atoms with Gasteiger partial charge in [0.15, 0.2) is 11.4 Å². The van der Waals surface area contributed by atoms with Gasteiger partial charge in [-0.1, -0.05) is 33.6 Å². The number of esters is 1. The van der Waals surface area contributed by atoms with Crippen molar-refractivity contribution in [2.45, 2.75) is 142 Å². The fourth-order valence-corrected chi connectivity index (χ4v) is 10.0. The van der Waals surface area contributed by atoms with E-state index in [1.807, 2.05) is 13.8 Å². The van der Waals surface area contributed by atoms with E-state index in [1.165, 1.54) is 22.8 Å². The fourth-order valence-electron chi connectivity index (χ4n) is 10.0. The SMILES string of the molecule is CC[C@@]1(O)C(=O)OCc2c1cc1n(c2=O)Cc2c-1nc1cc(F)c(C)c3c1c2[C@@H](NC(=O)CCCNC(=O)[C@H](CCCCN)CC(=O)[C@@H](NC(=O)CCCCCN1C(=O)C=CC1=O)C(C)C)CC3. The number of rotatable bonds is 22. The number of aromatic nitrogens is 2. The molecule has 4 atom stereocenters. The van der Waals surface area contributed by atoms with Crippen LogP contribution in [0.3, 0.4) is 0 Å². The molecule has 0 spiro atoms. The number of nitrogens with one attached hydrogen (secondary N) is 3. The molecule has 6 N–H and O–H groups in total. The molecule has 7 rings (SSSR count). The van der Waals surface area contributed by atoms with Gasteiger partial charge in [-0.25, -0.2) is 14.2 Å². The molecule has 0 radical (unpaired) electrons. The van der Waals surface area contributed by atoms with Crippen LogP contribution in [0.15, 0.2) is 29.1 Å². The first kappa shape index (κ1) is 49.8. The summed E-state index contributed by atoms with van der Waals surface area (Å²) in [7, 11) is 0. The maximum absolute atomic E-state index is 15.4. The Hall–Kier alpha value is -6.14. The Morgan fingerprint density at radius 2 is 1.71 bits per heavy atom. The molecule has 1 aliphatic carbocycles. The summed E-state index contributed by atoms with van der Waals surface area (Å²) in [5.41, 5.74) is 7.44. The number of halogens is 1. The number of hydrogen-bond acceptors (Lipinski definition) is 12. The monoisotopic (exact) mass is 939 g/mol. The number of amides is 5. The molecule has 3 aromatic rings. The summed E-state index contributed by atoms with van der Waals surface area (Å²) < 4.78 is 22.1. The normalized spacial score (nSPS) is 18.9. The molecule has 68 heavy (non-hydrogen) atoms. The lowest BCUT2D eigenvalue weighted by Gasteiger charge is -2.31. The van der Waals surface area contributed by atoms with Crippen LogP contribution in [-0.2, 0) is 63.5 Å². The summed E-state index contributed by atoms with van der Waals surface area (Å²) in [6.07, 6.45) is 7.14. The Labute approximate surface area is 393 Å². The fraction of sp³-hybridized carbons (Fsp3) is 0.540. The number of aliphatic hydroxyl groups is 1. The zero-order chi connectivity index (χ0) is 49.0. The molecule has 17 nitrogen and oxygen atoms in total. The second kappa shape index (κ2) is 21.0. The van der Waals surface area contributed by atoms with Gasteiger partial charge in [0.05, 0.1) is 41.1 Å². The number of aryl methyl sites for hydroxylation is 1. The third kappa shape index (κ3) is 10.0. The highest BCUT2D eigenvalue weighted by atomic mass is 19.1. The van der Waals surface area contributed by atoms with Gasteiger partial charge in [0.2, 0.25) is 17.7 Å². The van der Waals surface area contributed by atoms with E-state index < -0.39 is 40.9 Å². The maximum Gasteiger partial charge on any atom is 0.343 e. The van der Waals surface area contributed by atoms with Crippen molar-refractivity contribution in [2.75, 3.05) is 19.6 Å². The molecule has 4 aliphatic rings. The van der Waals surface area contributed by atoms with Crippen LogP contribution in [0.25, 0.3) is 22.3 Å². The quantitative estimate of drug-likeness (QED) is 0.0428. The molecule has 0 bridgehead atoms. The molecule has 0 fully saturated rings. The molecular weight excluding hydrogens is 878 g/mol.